The van der Waals surface area contributed by atoms with E-state index in [1.165, 1.54) is 0 Å². The molecule has 6 heteroatoms. The number of rotatable bonds is 3. The van der Waals surface area contributed by atoms with Gasteiger partial charge in [-0.15, -0.1) is 0 Å². The van der Waals surface area contributed by atoms with Crippen LogP contribution in [-0.4, -0.2) is 58.3 Å². The van der Waals surface area contributed by atoms with Gasteiger partial charge in [-0.05, 0) is 7.05 Å². The van der Waals surface area contributed by atoms with Crippen molar-refractivity contribution in [1.29, 1.82) is 0 Å². The monoisotopic (exact) mass is 224 g/mol. The summed E-state index contributed by atoms with van der Waals surface area (Å²) in [5.74, 6) is 0.0177. The van der Waals surface area contributed by atoms with E-state index in [-0.39, 0.29) is 11.9 Å². The first-order valence-corrected chi connectivity index (χ1v) is 5.30. The van der Waals surface area contributed by atoms with Gasteiger partial charge in [-0.3, -0.25) is 4.79 Å². The Morgan fingerprint density at radius 2 is 2.44 bits per heavy atom. The number of β-amino-alcohol motifs (C(OH)–C–C–N with tert-alkyl or cyclic N) is 1. The van der Waals surface area contributed by atoms with Crippen molar-refractivity contribution in [2.45, 2.75) is 12.1 Å². The first kappa shape index (κ1) is 11.1. The van der Waals surface area contributed by atoms with Gasteiger partial charge in [-0.1, -0.05) is 0 Å². The van der Waals surface area contributed by atoms with Gasteiger partial charge in [0.25, 0.3) is 0 Å². The van der Waals surface area contributed by atoms with Crippen LogP contribution in [0.4, 0.5) is 0 Å². The molecule has 0 radical (unpaired) electrons. The Hall–Kier alpha value is -1.40. The van der Waals surface area contributed by atoms with Crippen LogP contribution in [0.25, 0.3) is 0 Å². The molecule has 0 aliphatic carbocycles. The van der Waals surface area contributed by atoms with E-state index in [1.807, 2.05) is 4.57 Å². The molecule has 0 aromatic carbocycles. The predicted octanol–water partition coefficient (Wildman–Crippen LogP) is -1.15. The standard InChI is InChI=1S/C10H16N4O2/c1-11-4-10(16)14-5-8(9(15)6-14)13-3-2-12-7-13/h2-3,7-9,11,15H,4-6H2,1H3/t8-,9-/m1/s1. The van der Waals surface area contributed by atoms with Crippen LogP contribution in [0, 0.1) is 0 Å². The minimum Gasteiger partial charge on any atom is -0.389 e. The molecule has 88 valence electrons. The predicted molar refractivity (Wildman–Crippen MR) is 57.8 cm³/mol. The normalized spacial score (nSPS) is 25.0. The number of aliphatic hydroxyl groups is 1. The van der Waals surface area contributed by atoms with E-state index in [2.05, 4.69) is 10.3 Å². The van der Waals surface area contributed by atoms with Gasteiger partial charge in [0.15, 0.2) is 0 Å². The molecule has 1 aromatic rings. The molecule has 2 heterocycles. The lowest BCUT2D eigenvalue weighted by Crippen LogP contribution is -2.36. The fourth-order valence-electron chi connectivity index (χ4n) is 1.99. The lowest BCUT2D eigenvalue weighted by Gasteiger charge is -2.16. The number of aromatic nitrogens is 2. The maximum Gasteiger partial charge on any atom is 0.236 e. The second-order valence-corrected chi connectivity index (χ2v) is 3.97. The summed E-state index contributed by atoms with van der Waals surface area (Å²) in [4.78, 5) is 17.2. The van der Waals surface area contributed by atoms with Crippen LogP contribution < -0.4 is 5.32 Å². The average molecular weight is 224 g/mol. The largest absolute Gasteiger partial charge is 0.389 e. The molecule has 1 aliphatic heterocycles. The Bertz CT molecular complexity index is 352. The number of likely N-dealkylation sites (tertiary alicyclic amines) is 1. The third-order valence-electron chi connectivity index (χ3n) is 2.85. The van der Waals surface area contributed by atoms with Gasteiger partial charge in [0.05, 0.1) is 25.0 Å². The number of carbonyl (C=O) groups is 1. The van der Waals surface area contributed by atoms with Crippen molar-refractivity contribution in [2.24, 2.45) is 0 Å². The number of hydrogen-bond donors (Lipinski definition) is 2. The minimum absolute atomic E-state index is 0.0177. The first-order valence-electron chi connectivity index (χ1n) is 5.30. The van der Waals surface area contributed by atoms with E-state index in [0.29, 0.717) is 19.6 Å². The van der Waals surface area contributed by atoms with Crippen molar-refractivity contribution in [3.05, 3.63) is 18.7 Å². The van der Waals surface area contributed by atoms with Crippen LogP contribution in [0.15, 0.2) is 18.7 Å². The first-order chi connectivity index (χ1) is 7.72. The second-order valence-electron chi connectivity index (χ2n) is 3.97. The van der Waals surface area contributed by atoms with Crippen molar-refractivity contribution in [2.75, 3.05) is 26.7 Å². The van der Waals surface area contributed by atoms with E-state index in [0.717, 1.165) is 0 Å². The summed E-state index contributed by atoms with van der Waals surface area (Å²) >= 11 is 0. The van der Waals surface area contributed by atoms with Crippen LogP contribution in [0.1, 0.15) is 6.04 Å². The highest BCUT2D eigenvalue weighted by molar-refractivity contribution is 5.78. The number of aliphatic hydroxyl groups excluding tert-OH is 1. The van der Waals surface area contributed by atoms with Crippen molar-refractivity contribution < 1.29 is 9.90 Å². The molecule has 2 N–H and O–H groups in total. The van der Waals surface area contributed by atoms with Gasteiger partial charge in [-0.25, -0.2) is 4.98 Å². The topological polar surface area (TPSA) is 70.4 Å². The lowest BCUT2D eigenvalue weighted by atomic mass is 10.2. The van der Waals surface area contributed by atoms with E-state index in [4.69, 9.17) is 0 Å². The van der Waals surface area contributed by atoms with Crippen LogP contribution in [0.2, 0.25) is 0 Å². The molecule has 1 saturated heterocycles. The molecule has 16 heavy (non-hydrogen) atoms. The van der Waals surface area contributed by atoms with Crippen molar-refractivity contribution in [1.82, 2.24) is 19.8 Å². The number of imidazole rings is 1. The average Bonchev–Trinajstić information content (AvgIpc) is 2.86. The van der Waals surface area contributed by atoms with Crippen molar-refractivity contribution in [3.63, 3.8) is 0 Å². The molecule has 2 rings (SSSR count). The van der Waals surface area contributed by atoms with Crippen LogP contribution in [0.5, 0.6) is 0 Å². The Balaban J connectivity index is 2.02. The summed E-state index contributed by atoms with van der Waals surface area (Å²) in [5.41, 5.74) is 0. The molecular weight excluding hydrogens is 208 g/mol. The molecular formula is C10H16N4O2. The number of amides is 1. The maximum atomic E-state index is 11.6. The lowest BCUT2D eigenvalue weighted by molar-refractivity contribution is -0.129. The number of nitrogens with one attached hydrogen (secondary N) is 1. The summed E-state index contributed by atoms with van der Waals surface area (Å²) in [6, 6.07) is -0.0803. The summed E-state index contributed by atoms with van der Waals surface area (Å²) in [7, 11) is 1.73. The Kier molecular flexibility index (Phi) is 3.21. The molecule has 1 aromatic heterocycles. The Labute approximate surface area is 93.9 Å². The van der Waals surface area contributed by atoms with Gasteiger partial charge in [0, 0.05) is 25.5 Å². The number of likely N-dealkylation sites (N-methyl/N-ethyl adjacent to an activating group) is 1. The third kappa shape index (κ3) is 2.07. The van der Waals surface area contributed by atoms with Crippen LogP contribution in [-0.2, 0) is 4.79 Å². The zero-order valence-electron chi connectivity index (χ0n) is 9.21. The molecule has 1 amide bonds. The molecule has 0 saturated carbocycles. The quantitative estimate of drug-likeness (QED) is 0.680. The van der Waals surface area contributed by atoms with Crippen molar-refractivity contribution in [3.8, 4) is 0 Å². The van der Waals surface area contributed by atoms with E-state index < -0.39 is 6.10 Å². The highest BCUT2D eigenvalue weighted by Gasteiger charge is 2.34. The van der Waals surface area contributed by atoms with Crippen LogP contribution in [0.3, 0.4) is 0 Å². The smallest absolute Gasteiger partial charge is 0.236 e. The number of carbonyl (C=O) groups excluding carboxylic acids is 1. The third-order valence-corrected chi connectivity index (χ3v) is 2.85. The van der Waals surface area contributed by atoms with Crippen molar-refractivity contribution >= 4 is 5.91 Å². The number of nitrogens with zero attached hydrogens (tertiary/aromatic N) is 3. The maximum absolute atomic E-state index is 11.6. The summed E-state index contributed by atoms with van der Waals surface area (Å²) in [5, 5.41) is 12.7. The fourth-order valence-corrected chi connectivity index (χ4v) is 1.99. The Morgan fingerprint density at radius 1 is 1.62 bits per heavy atom. The molecule has 0 bridgehead atoms. The van der Waals surface area contributed by atoms with Gasteiger partial charge in [0.1, 0.15) is 0 Å². The molecule has 1 aliphatic rings. The highest BCUT2D eigenvalue weighted by Crippen LogP contribution is 2.21. The second kappa shape index (κ2) is 4.63. The molecule has 2 atom stereocenters. The highest BCUT2D eigenvalue weighted by atomic mass is 16.3. The van der Waals surface area contributed by atoms with Gasteiger partial charge < -0.3 is 19.9 Å². The number of hydrogen-bond acceptors (Lipinski definition) is 4. The molecule has 0 unspecified atom stereocenters. The summed E-state index contributed by atoms with van der Waals surface area (Å²) in [6.07, 6.45) is 4.63. The molecule has 1 fully saturated rings. The zero-order chi connectivity index (χ0) is 11.5. The van der Waals surface area contributed by atoms with Gasteiger partial charge >= 0.3 is 0 Å². The summed E-state index contributed by atoms with van der Waals surface area (Å²) < 4.78 is 1.84. The molecule has 0 spiro atoms. The summed E-state index contributed by atoms with van der Waals surface area (Å²) in [6.45, 7) is 1.24. The van der Waals surface area contributed by atoms with E-state index in [9.17, 15) is 9.90 Å². The zero-order valence-corrected chi connectivity index (χ0v) is 9.21. The van der Waals surface area contributed by atoms with Crippen LogP contribution >= 0.6 is 0 Å². The Morgan fingerprint density at radius 3 is 3.06 bits per heavy atom. The van der Waals surface area contributed by atoms with Gasteiger partial charge in [0.2, 0.25) is 5.91 Å². The van der Waals surface area contributed by atoms with E-state index in [1.54, 1.807) is 30.7 Å². The van der Waals surface area contributed by atoms with Gasteiger partial charge in [-0.2, -0.15) is 0 Å². The SMILES string of the molecule is CNCC(=O)N1C[C@@H](O)[C@H](n2ccnc2)C1. The fraction of sp³-hybridized carbons (Fsp3) is 0.600. The van der Waals surface area contributed by atoms with E-state index >= 15 is 0 Å². The molecule has 6 nitrogen and oxygen atoms in total. The minimum atomic E-state index is -0.519.